The number of pyridine rings is 1. The van der Waals surface area contributed by atoms with Gasteiger partial charge in [-0.05, 0) is 62.7 Å². The summed E-state index contributed by atoms with van der Waals surface area (Å²) in [4.78, 5) is 12.1. The van der Waals surface area contributed by atoms with Crippen LogP contribution in [0, 0.1) is 0 Å². The summed E-state index contributed by atoms with van der Waals surface area (Å²) in [5, 5.41) is 23.6. The number of aromatic nitrogens is 5. The highest BCUT2D eigenvalue weighted by Gasteiger charge is 2.36. The number of rotatable bonds is 9. The first-order valence-electron chi connectivity index (χ1n) is 14.2. The van der Waals surface area contributed by atoms with Crippen molar-refractivity contribution in [3.05, 3.63) is 65.6 Å². The molecule has 2 N–H and O–H groups in total. The average Bonchev–Trinajstić information content (AvgIpc) is 3.61. The van der Waals surface area contributed by atoms with Crippen molar-refractivity contribution in [2.24, 2.45) is 0 Å². The van der Waals surface area contributed by atoms with E-state index >= 15 is 0 Å². The Balaban J connectivity index is 1.08. The highest BCUT2D eigenvalue weighted by atomic mass is 35.5. The average molecular weight is 564 g/mol. The molecule has 0 aliphatic carbocycles. The van der Waals surface area contributed by atoms with Crippen LogP contribution in [0.5, 0.6) is 0 Å². The van der Waals surface area contributed by atoms with Gasteiger partial charge in [0.2, 0.25) is 5.95 Å². The molecule has 2 fully saturated rings. The molecule has 0 atom stereocenters. The number of nitrogens with one attached hydrogen (secondary N) is 1. The molecule has 3 aromatic heterocycles. The minimum absolute atomic E-state index is 0.120. The second-order valence-electron chi connectivity index (χ2n) is 11.1. The Labute approximate surface area is 240 Å². The fraction of sp³-hybridized carbons (Fsp3) is 0.483. The van der Waals surface area contributed by atoms with E-state index in [2.05, 4.69) is 43.3 Å². The summed E-state index contributed by atoms with van der Waals surface area (Å²) >= 11 is 6.10. The standard InChI is InChI=1S/C29H38ClN9O/c1-35-16-18-36(19-17-35)11-3-12-38-21-25(20-31-38)32-28-33-27-26(4-2-13-39(27)34-28)37-14-9-29(22-40,10-15-37)23-5-7-24(30)8-6-23/h2,4-8,13,20-21,40H,3,9-12,14-19,22H2,1H3,(H,32,34). The maximum absolute atomic E-state index is 10.4. The third-order valence-electron chi connectivity index (χ3n) is 8.51. The van der Waals surface area contributed by atoms with Crippen LogP contribution in [0.2, 0.25) is 5.02 Å². The minimum atomic E-state index is -0.253. The van der Waals surface area contributed by atoms with Crippen molar-refractivity contribution in [1.29, 1.82) is 0 Å². The van der Waals surface area contributed by atoms with Gasteiger partial charge in [0.25, 0.3) is 0 Å². The number of aliphatic hydroxyl groups is 1. The SMILES string of the molecule is CN1CCN(CCCn2cc(Nc3nc4c(N5CCC(CO)(c6ccc(Cl)cc6)CC5)cccn4n3)cn2)CC1. The summed E-state index contributed by atoms with van der Waals surface area (Å²) in [6.07, 6.45) is 8.55. The third-order valence-corrected chi connectivity index (χ3v) is 8.76. The summed E-state index contributed by atoms with van der Waals surface area (Å²) in [7, 11) is 2.19. The van der Waals surface area contributed by atoms with Crippen molar-refractivity contribution in [3.8, 4) is 0 Å². The topological polar surface area (TPSA) is 90.0 Å². The zero-order chi connectivity index (χ0) is 27.5. The Bertz CT molecular complexity index is 1400. The first-order chi connectivity index (χ1) is 19.5. The number of nitrogens with zero attached hydrogens (tertiary/aromatic N) is 8. The number of piperidine rings is 1. The first kappa shape index (κ1) is 27.0. The zero-order valence-corrected chi connectivity index (χ0v) is 23.8. The number of fused-ring (bicyclic) bond motifs is 1. The lowest BCUT2D eigenvalue weighted by molar-refractivity contribution is 0.151. The smallest absolute Gasteiger partial charge is 0.247 e. The van der Waals surface area contributed by atoms with Gasteiger partial charge >= 0.3 is 0 Å². The summed E-state index contributed by atoms with van der Waals surface area (Å²) in [6.45, 7) is 8.33. The van der Waals surface area contributed by atoms with E-state index in [4.69, 9.17) is 16.6 Å². The molecule has 4 aromatic rings. The van der Waals surface area contributed by atoms with Gasteiger partial charge in [0, 0.05) is 68.6 Å². The van der Waals surface area contributed by atoms with Gasteiger partial charge in [-0.25, -0.2) is 4.52 Å². The highest BCUT2D eigenvalue weighted by molar-refractivity contribution is 6.30. The summed E-state index contributed by atoms with van der Waals surface area (Å²) in [5.41, 5.74) is 3.63. The van der Waals surface area contributed by atoms with E-state index < -0.39 is 0 Å². The number of aliphatic hydroxyl groups excluding tert-OH is 1. The van der Waals surface area contributed by atoms with Crippen molar-refractivity contribution in [2.45, 2.75) is 31.2 Å². The third kappa shape index (κ3) is 5.81. The molecule has 2 saturated heterocycles. The number of halogens is 1. The van der Waals surface area contributed by atoms with Crippen LogP contribution < -0.4 is 10.2 Å². The van der Waals surface area contributed by atoms with Crippen molar-refractivity contribution in [1.82, 2.24) is 34.2 Å². The van der Waals surface area contributed by atoms with Crippen LogP contribution in [-0.4, -0.2) is 98.8 Å². The van der Waals surface area contributed by atoms with Crippen LogP contribution in [0.25, 0.3) is 5.65 Å². The van der Waals surface area contributed by atoms with E-state index in [0.29, 0.717) is 11.0 Å². The van der Waals surface area contributed by atoms with Crippen LogP contribution in [0.4, 0.5) is 17.3 Å². The number of likely N-dealkylation sites (N-methyl/N-ethyl adjacent to an activating group) is 1. The second-order valence-corrected chi connectivity index (χ2v) is 11.6. The van der Waals surface area contributed by atoms with Crippen LogP contribution in [0.15, 0.2) is 55.0 Å². The number of hydrogen-bond donors (Lipinski definition) is 2. The molecule has 2 aliphatic rings. The molecule has 0 radical (unpaired) electrons. The van der Waals surface area contributed by atoms with E-state index in [9.17, 15) is 5.11 Å². The normalized spacial score (nSPS) is 18.4. The lowest BCUT2D eigenvalue weighted by atomic mass is 9.73. The predicted molar refractivity (Wildman–Crippen MR) is 159 cm³/mol. The Morgan fingerprint density at radius 3 is 2.52 bits per heavy atom. The number of piperazine rings is 1. The lowest BCUT2D eigenvalue weighted by Gasteiger charge is -2.42. The maximum Gasteiger partial charge on any atom is 0.247 e. The predicted octanol–water partition coefficient (Wildman–Crippen LogP) is 3.49. The van der Waals surface area contributed by atoms with Gasteiger partial charge in [0.15, 0.2) is 5.65 Å². The molecule has 2 aliphatic heterocycles. The van der Waals surface area contributed by atoms with E-state index in [1.165, 1.54) is 0 Å². The van der Waals surface area contributed by atoms with E-state index in [0.717, 1.165) is 94.2 Å². The van der Waals surface area contributed by atoms with Gasteiger partial charge in [0.1, 0.15) is 0 Å². The minimum Gasteiger partial charge on any atom is -0.395 e. The highest BCUT2D eigenvalue weighted by Crippen LogP contribution is 2.38. The molecule has 6 rings (SSSR count). The molecule has 1 aromatic carbocycles. The number of hydrogen-bond acceptors (Lipinski definition) is 8. The monoisotopic (exact) mass is 563 g/mol. The molecule has 0 saturated carbocycles. The fourth-order valence-electron chi connectivity index (χ4n) is 5.92. The van der Waals surface area contributed by atoms with E-state index in [1.54, 1.807) is 0 Å². The second kappa shape index (κ2) is 11.7. The molecule has 0 amide bonds. The van der Waals surface area contributed by atoms with Crippen molar-refractivity contribution < 1.29 is 5.11 Å². The van der Waals surface area contributed by atoms with E-state index in [-0.39, 0.29) is 12.0 Å². The molecule has 5 heterocycles. The first-order valence-corrected chi connectivity index (χ1v) is 14.6. The van der Waals surface area contributed by atoms with Crippen molar-refractivity contribution >= 4 is 34.6 Å². The van der Waals surface area contributed by atoms with E-state index in [1.807, 2.05) is 58.1 Å². The molecule has 11 heteroatoms. The van der Waals surface area contributed by atoms with Crippen molar-refractivity contribution in [2.75, 3.05) is 69.7 Å². The number of aryl methyl sites for hydroxylation is 1. The number of benzene rings is 1. The summed E-state index contributed by atoms with van der Waals surface area (Å²) < 4.78 is 3.81. The molecule has 10 nitrogen and oxygen atoms in total. The molecule has 0 unspecified atom stereocenters. The van der Waals surface area contributed by atoms with Gasteiger partial charge < -0.3 is 25.1 Å². The Morgan fingerprint density at radius 1 is 1.00 bits per heavy atom. The van der Waals surface area contributed by atoms with Gasteiger partial charge in [-0.15, -0.1) is 5.10 Å². The van der Waals surface area contributed by atoms with Crippen LogP contribution >= 0.6 is 11.6 Å². The quantitative estimate of drug-likeness (QED) is 0.320. The van der Waals surface area contributed by atoms with Crippen LogP contribution in [0.1, 0.15) is 24.8 Å². The van der Waals surface area contributed by atoms with Gasteiger partial charge in [-0.1, -0.05) is 23.7 Å². The maximum atomic E-state index is 10.4. The summed E-state index contributed by atoms with van der Waals surface area (Å²) in [5.74, 6) is 0.548. The Kier molecular flexibility index (Phi) is 7.93. The zero-order valence-electron chi connectivity index (χ0n) is 23.1. The molecular weight excluding hydrogens is 526 g/mol. The Morgan fingerprint density at radius 2 is 1.77 bits per heavy atom. The fourth-order valence-corrected chi connectivity index (χ4v) is 6.04. The molecular formula is C29H38ClN9O. The van der Waals surface area contributed by atoms with Gasteiger partial charge in [0.05, 0.1) is 24.2 Å². The van der Waals surface area contributed by atoms with Crippen LogP contribution in [-0.2, 0) is 12.0 Å². The molecule has 40 heavy (non-hydrogen) atoms. The molecule has 0 spiro atoms. The van der Waals surface area contributed by atoms with Gasteiger partial charge in [-0.2, -0.15) is 10.1 Å². The molecule has 0 bridgehead atoms. The van der Waals surface area contributed by atoms with Crippen LogP contribution in [0.3, 0.4) is 0 Å². The number of anilines is 3. The van der Waals surface area contributed by atoms with Gasteiger partial charge in [-0.3, -0.25) is 4.68 Å². The largest absolute Gasteiger partial charge is 0.395 e. The summed E-state index contributed by atoms with van der Waals surface area (Å²) in [6, 6.07) is 12.0. The van der Waals surface area contributed by atoms with Crippen molar-refractivity contribution in [3.63, 3.8) is 0 Å². The lowest BCUT2D eigenvalue weighted by Crippen LogP contribution is -2.45. The Hall–Kier alpha value is -3.18. The molecule has 212 valence electrons.